The topological polar surface area (TPSA) is 32.7 Å². The maximum atomic E-state index is 9.47. The van der Waals surface area contributed by atoms with Crippen LogP contribution in [0.5, 0.6) is 11.5 Å². The highest BCUT2D eigenvalue weighted by Crippen LogP contribution is 2.45. The number of nitrogens with zero attached hydrogens (tertiary/aromatic N) is 1. The molecule has 4 rings (SSSR count). The predicted octanol–water partition coefficient (Wildman–Crippen LogP) is 5.01. The monoisotopic (exact) mass is 383 g/mol. The third kappa shape index (κ3) is 4.44. The second-order valence-corrected chi connectivity index (χ2v) is 9.49. The molecule has 1 N–H and O–H groups in total. The first-order valence-electron chi connectivity index (χ1n) is 9.92. The summed E-state index contributed by atoms with van der Waals surface area (Å²) in [5, 5.41) is 10.2. The Morgan fingerprint density at radius 3 is 2.26 bits per heavy atom. The highest BCUT2D eigenvalue weighted by atomic mass is 32.2. The fraction of sp³-hybridized carbons (Fsp3) is 0.478. The number of phenols is 1. The van der Waals surface area contributed by atoms with E-state index in [9.17, 15) is 5.11 Å². The van der Waals surface area contributed by atoms with Gasteiger partial charge in [0.2, 0.25) is 0 Å². The van der Waals surface area contributed by atoms with Gasteiger partial charge in [-0.1, -0.05) is 19.1 Å². The van der Waals surface area contributed by atoms with E-state index in [1.54, 1.807) is 19.2 Å². The van der Waals surface area contributed by atoms with E-state index in [0.29, 0.717) is 11.7 Å². The van der Waals surface area contributed by atoms with E-state index in [0.717, 1.165) is 29.4 Å². The molecule has 0 bridgehead atoms. The lowest BCUT2D eigenvalue weighted by atomic mass is 10.0. The van der Waals surface area contributed by atoms with Gasteiger partial charge in [-0.15, -0.1) is 11.8 Å². The van der Waals surface area contributed by atoms with Crippen molar-refractivity contribution in [1.82, 2.24) is 4.90 Å². The quantitative estimate of drug-likeness (QED) is 0.760. The molecule has 4 heteroatoms. The van der Waals surface area contributed by atoms with Gasteiger partial charge in [-0.25, -0.2) is 0 Å². The number of phenolic OH excluding ortho intramolecular Hbond substituents is 1. The molecule has 1 heterocycles. The highest BCUT2D eigenvalue weighted by Gasteiger charge is 2.41. The van der Waals surface area contributed by atoms with E-state index in [1.807, 2.05) is 11.8 Å². The number of hydrogen-bond donors (Lipinski definition) is 1. The molecule has 2 aliphatic rings. The van der Waals surface area contributed by atoms with Gasteiger partial charge in [-0.2, -0.15) is 0 Å². The molecule has 2 aromatic rings. The van der Waals surface area contributed by atoms with Gasteiger partial charge in [0, 0.05) is 29.8 Å². The first kappa shape index (κ1) is 18.7. The first-order valence-corrected chi connectivity index (χ1v) is 10.8. The van der Waals surface area contributed by atoms with E-state index < -0.39 is 0 Å². The minimum Gasteiger partial charge on any atom is -0.508 e. The first-order chi connectivity index (χ1) is 13.1. The van der Waals surface area contributed by atoms with Crippen LogP contribution in [0.2, 0.25) is 0 Å². The van der Waals surface area contributed by atoms with E-state index in [1.165, 1.54) is 36.4 Å². The molecule has 1 saturated carbocycles. The molecule has 144 valence electrons. The lowest BCUT2D eigenvalue weighted by Crippen LogP contribution is -2.27. The van der Waals surface area contributed by atoms with Gasteiger partial charge in [-0.05, 0) is 72.6 Å². The number of ether oxygens (including phenoxy) is 1. The summed E-state index contributed by atoms with van der Waals surface area (Å²) in [4.78, 5) is 4.01. The summed E-state index contributed by atoms with van der Waals surface area (Å²) in [7, 11) is 1.72. The minimum absolute atomic E-state index is 0.349. The van der Waals surface area contributed by atoms with E-state index >= 15 is 0 Å². The molecule has 1 saturated heterocycles. The van der Waals surface area contributed by atoms with Gasteiger partial charge in [0.15, 0.2) is 0 Å². The van der Waals surface area contributed by atoms with E-state index in [4.69, 9.17) is 4.74 Å². The predicted molar refractivity (Wildman–Crippen MR) is 112 cm³/mol. The van der Waals surface area contributed by atoms with Crippen LogP contribution < -0.4 is 4.74 Å². The van der Waals surface area contributed by atoms with Gasteiger partial charge in [-0.3, -0.25) is 0 Å². The van der Waals surface area contributed by atoms with Crippen LogP contribution in [0.1, 0.15) is 31.2 Å². The number of hydrogen-bond acceptors (Lipinski definition) is 4. The number of likely N-dealkylation sites (tertiary alicyclic amines) is 1. The van der Waals surface area contributed by atoms with Crippen molar-refractivity contribution < 1.29 is 9.84 Å². The number of benzene rings is 2. The Balaban J connectivity index is 1.27. The van der Waals surface area contributed by atoms with Crippen molar-refractivity contribution in [3.8, 4) is 11.5 Å². The average molecular weight is 384 g/mol. The summed E-state index contributed by atoms with van der Waals surface area (Å²) in [5.74, 6) is 3.50. The molecular formula is C23H29NO2S. The van der Waals surface area contributed by atoms with Gasteiger partial charge < -0.3 is 14.7 Å². The average Bonchev–Trinajstić information content (AvgIpc) is 3.20. The summed E-state index contributed by atoms with van der Waals surface area (Å²) in [6.45, 7) is 5.90. The Bertz CT molecular complexity index is 732. The smallest absolute Gasteiger partial charge is 0.118 e. The number of methoxy groups -OCH3 is 1. The Hall–Kier alpha value is -1.65. The molecule has 27 heavy (non-hydrogen) atoms. The standard InChI is InChI=1S/C23H29NO2S/c1-16(17-3-5-20(25)6-4-17)13-24-14-18-11-23(12-19(18)15-24)27-22-9-7-21(26-2)8-10-22/h3-10,16,18-19,23,25H,11-15H2,1-2H3/t16?,18-,19+,23+. The van der Waals surface area contributed by atoms with Crippen LogP contribution in [0.25, 0.3) is 0 Å². The molecule has 1 aliphatic heterocycles. The number of fused-ring (bicyclic) bond motifs is 1. The van der Waals surface area contributed by atoms with Crippen LogP contribution in [-0.4, -0.2) is 42.0 Å². The molecule has 0 amide bonds. The SMILES string of the molecule is COc1ccc(S[C@H]2C[C@@H]3CN(CC(C)c4ccc(O)cc4)C[C@@H]3C2)cc1. The number of aromatic hydroxyl groups is 1. The molecule has 0 radical (unpaired) electrons. The second-order valence-electron chi connectivity index (χ2n) is 8.12. The van der Waals surface area contributed by atoms with Crippen molar-refractivity contribution >= 4 is 11.8 Å². The van der Waals surface area contributed by atoms with Crippen molar-refractivity contribution in [2.45, 2.75) is 35.8 Å². The van der Waals surface area contributed by atoms with Crippen molar-refractivity contribution in [2.75, 3.05) is 26.7 Å². The Morgan fingerprint density at radius 2 is 1.67 bits per heavy atom. The van der Waals surface area contributed by atoms with Crippen molar-refractivity contribution in [3.05, 3.63) is 54.1 Å². The van der Waals surface area contributed by atoms with Crippen LogP contribution in [0, 0.1) is 11.8 Å². The summed E-state index contributed by atoms with van der Waals surface area (Å²) < 4.78 is 5.25. The third-order valence-corrected chi connectivity index (χ3v) is 7.40. The zero-order valence-electron chi connectivity index (χ0n) is 16.2. The van der Waals surface area contributed by atoms with Crippen LogP contribution in [0.3, 0.4) is 0 Å². The summed E-state index contributed by atoms with van der Waals surface area (Å²) in [6.07, 6.45) is 2.68. The molecule has 2 aromatic carbocycles. The Morgan fingerprint density at radius 1 is 1.04 bits per heavy atom. The molecule has 1 unspecified atom stereocenters. The van der Waals surface area contributed by atoms with Gasteiger partial charge in [0.1, 0.15) is 11.5 Å². The highest BCUT2D eigenvalue weighted by molar-refractivity contribution is 8.00. The zero-order chi connectivity index (χ0) is 18.8. The maximum Gasteiger partial charge on any atom is 0.118 e. The van der Waals surface area contributed by atoms with Gasteiger partial charge in [0.05, 0.1) is 7.11 Å². The summed E-state index contributed by atoms with van der Waals surface area (Å²) in [5.41, 5.74) is 1.32. The third-order valence-electron chi connectivity index (χ3n) is 6.14. The van der Waals surface area contributed by atoms with Crippen molar-refractivity contribution in [1.29, 1.82) is 0 Å². The minimum atomic E-state index is 0.349. The zero-order valence-corrected chi connectivity index (χ0v) is 17.0. The largest absolute Gasteiger partial charge is 0.508 e. The molecule has 2 fully saturated rings. The molecule has 1 aliphatic carbocycles. The fourth-order valence-corrected chi connectivity index (χ4v) is 6.09. The second kappa shape index (κ2) is 8.15. The van der Waals surface area contributed by atoms with E-state index in [-0.39, 0.29) is 0 Å². The van der Waals surface area contributed by atoms with Crippen molar-refractivity contribution in [2.24, 2.45) is 11.8 Å². The fourth-order valence-electron chi connectivity index (χ4n) is 4.73. The Labute approximate surface area is 166 Å². The summed E-state index contributed by atoms with van der Waals surface area (Å²) >= 11 is 2.04. The number of thioether (sulfide) groups is 1. The van der Waals surface area contributed by atoms with Crippen LogP contribution in [0.4, 0.5) is 0 Å². The maximum absolute atomic E-state index is 9.47. The lowest BCUT2D eigenvalue weighted by molar-refractivity contribution is 0.296. The lowest BCUT2D eigenvalue weighted by Gasteiger charge is -2.23. The van der Waals surface area contributed by atoms with Crippen LogP contribution in [-0.2, 0) is 0 Å². The molecular weight excluding hydrogens is 354 g/mol. The Kier molecular flexibility index (Phi) is 5.65. The molecule has 3 nitrogen and oxygen atoms in total. The molecule has 4 atom stereocenters. The molecule has 0 aromatic heterocycles. The summed E-state index contributed by atoms with van der Waals surface area (Å²) in [6, 6.07) is 16.2. The van der Waals surface area contributed by atoms with Crippen LogP contribution >= 0.6 is 11.8 Å². The van der Waals surface area contributed by atoms with E-state index in [2.05, 4.69) is 48.2 Å². The van der Waals surface area contributed by atoms with Gasteiger partial charge in [0.25, 0.3) is 0 Å². The normalized spacial score (nSPS) is 26.1. The van der Waals surface area contributed by atoms with Crippen molar-refractivity contribution in [3.63, 3.8) is 0 Å². The molecule has 0 spiro atoms. The number of rotatable bonds is 6. The van der Waals surface area contributed by atoms with Gasteiger partial charge >= 0.3 is 0 Å². The van der Waals surface area contributed by atoms with Crippen LogP contribution in [0.15, 0.2) is 53.4 Å².